The van der Waals surface area contributed by atoms with Crippen molar-refractivity contribution in [1.29, 1.82) is 0 Å². The summed E-state index contributed by atoms with van der Waals surface area (Å²) in [5.74, 6) is 0.602. The molecule has 0 aromatic carbocycles. The molecule has 0 bridgehead atoms. The van der Waals surface area contributed by atoms with Gasteiger partial charge in [-0.15, -0.1) is 6.58 Å². The minimum atomic E-state index is 0.0996. The van der Waals surface area contributed by atoms with Gasteiger partial charge < -0.3 is 15.2 Å². The summed E-state index contributed by atoms with van der Waals surface area (Å²) in [6.45, 7) is 10.1. The second-order valence-corrected chi connectivity index (χ2v) is 3.58. The molecule has 3 heteroatoms. The minimum absolute atomic E-state index is 0.0996. The second-order valence-electron chi connectivity index (χ2n) is 3.58. The first-order valence-corrected chi connectivity index (χ1v) is 5.25. The van der Waals surface area contributed by atoms with Crippen LogP contribution in [-0.4, -0.2) is 37.5 Å². The van der Waals surface area contributed by atoms with Gasteiger partial charge in [0.05, 0.1) is 19.8 Å². The van der Waals surface area contributed by atoms with Crippen molar-refractivity contribution in [1.82, 2.24) is 5.32 Å². The molecule has 0 aromatic rings. The summed E-state index contributed by atoms with van der Waals surface area (Å²) in [7, 11) is 0. The van der Waals surface area contributed by atoms with Crippen molar-refractivity contribution in [2.75, 3.05) is 26.4 Å². The van der Waals surface area contributed by atoms with Crippen LogP contribution in [0.2, 0.25) is 0 Å². The lowest BCUT2D eigenvalue weighted by Crippen LogP contribution is -2.34. The highest BCUT2D eigenvalue weighted by atomic mass is 16.5. The summed E-state index contributed by atoms with van der Waals surface area (Å²) < 4.78 is 5.14. The third-order valence-corrected chi connectivity index (χ3v) is 2.34. The van der Waals surface area contributed by atoms with Crippen molar-refractivity contribution < 1.29 is 9.84 Å². The Balaban J connectivity index is 3.33. The smallest absolute Gasteiger partial charge is 0.0698 e. The molecule has 0 saturated heterocycles. The van der Waals surface area contributed by atoms with Crippen LogP contribution in [0.25, 0.3) is 0 Å². The van der Waals surface area contributed by atoms with E-state index in [0.717, 1.165) is 13.0 Å². The Morgan fingerprint density at radius 1 is 1.43 bits per heavy atom. The molecule has 0 aliphatic heterocycles. The molecule has 0 aromatic heterocycles. The highest BCUT2D eigenvalue weighted by Crippen LogP contribution is 2.07. The van der Waals surface area contributed by atoms with Gasteiger partial charge in [0.25, 0.3) is 0 Å². The lowest BCUT2D eigenvalue weighted by molar-refractivity contribution is 0.0919. The van der Waals surface area contributed by atoms with Crippen LogP contribution in [0.4, 0.5) is 0 Å². The first-order valence-electron chi connectivity index (χ1n) is 5.25. The Bertz CT molecular complexity index is 139. The van der Waals surface area contributed by atoms with E-state index >= 15 is 0 Å². The lowest BCUT2D eigenvalue weighted by Gasteiger charge is -2.19. The van der Waals surface area contributed by atoms with Gasteiger partial charge in [-0.2, -0.15) is 0 Å². The van der Waals surface area contributed by atoms with Crippen molar-refractivity contribution in [3.8, 4) is 0 Å². The van der Waals surface area contributed by atoms with Crippen LogP contribution in [0.5, 0.6) is 0 Å². The number of hydrogen-bond acceptors (Lipinski definition) is 3. The summed E-state index contributed by atoms with van der Waals surface area (Å²) in [4.78, 5) is 0. The van der Waals surface area contributed by atoms with Crippen molar-refractivity contribution >= 4 is 0 Å². The minimum Gasteiger partial charge on any atom is -0.394 e. The Kier molecular flexibility index (Phi) is 8.94. The highest BCUT2D eigenvalue weighted by molar-refractivity contribution is 4.76. The maximum absolute atomic E-state index is 8.48. The average Bonchev–Trinajstić information content (AvgIpc) is 2.17. The topological polar surface area (TPSA) is 41.5 Å². The molecule has 0 rings (SSSR count). The molecule has 0 aliphatic rings. The number of nitrogens with one attached hydrogen (secondary N) is 1. The standard InChI is InChI=1S/C11H23NO2/c1-4-5-10(2)11(3)12-6-8-14-9-7-13/h4,10-13H,1,5-9H2,2-3H3. The number of hydrogen-bond donors (Lipinski definition) is 2. The van der Waals surface area contributed by atoms with Gasteiger partial charge in [0.15, 0.2) is 0 Å². The Labute approximate surface area is 87.2 Å². The molecule has 0 radical (unpaired) electrons. The monoisotopic (exact) mass is 201 g/mol. The average molecular weight is 201 g/mol. The highest BCUT2D eigenvalue weighted by Gasteiger charge is 2.08. The van der Waals surface area contributed by atoms with Crippen LogP contribution < -0.4 is 5.32 Å². The summed E-state index contributed by atoms with van der Waals surface area (Å²) in [5.41, 5.74) is 0. The molecule has 0 heterocycles. The molecule has 3 nitrogen and oxygen atoms in total. The number of allylic oxidation sites excluding steroid dienone is 1. The van der Waals surface area contributed by atoms with Crippen LogP contribution >= 0.6 is 0 Å². The predicted octanol–water partition coefficient (Wildman–Crippen LogP) is 1.19. The fourth-order valence-electron chi connectivity index (χ4n) is 1.19. The molecule has 2 atom stereocenters. The second kappa shape index (κ2) is 9.19. The van der Waals surface area contributed by atoms with Gasteiger partial charge in [-0.3, -0.25) is 0 Å². The van der Waals surface area contributed by atoms with E-state index in [9.17, 15) is 0 Å². The van der Waals surface area contributed by atoms with E-state index in [1.807, 2.05) is 6.08 Å². The summed E-state index contributed by atoms with van der Waals surface area (Å²) >= 11 is 0. The molecule has 0 spiro atoms. The van der Waals surface area contributed by atoms with E-state index in [1.54, 1.807) is 0 Å². The zero-order valence-corrected chi connectivity index (χ0v) is 9.33. The zero-order valence-electron chi connectivity index (χ0n) is 9.33. The quantitative estimate of drug-likeness (QED) is 0.435. The van der Waals surface area contributed by atoms with Crippen LogP contribution in [0.3, 0.4) is 0 Å². The van der Waals surface area contributed by atoms with Crippen molar-refractivity contribution in [3.63, 3.8) is 0 Å². The fraction of sp³-hybridized carbons (Fsp3) is 0.818. The van der Waals surface area contributed by atoms with E-state index in [2.05, 4.69) is 25.7 Å². The normalized spacial score (nSPS) is 15.1. The van der Waals surface area contributed by atoms with Crippen molar-refractivity contribution in [2.24, 2.45) is 5.92 Å². The lowest BCUT2D eigenvalue weighted by atomic mass is 10.00. The molecule has 2 unspecified atom stereocenters. The van der Waals surface area contributed by atoms with Gasteiger partial charge in [0, 0.05) is 12.6 Å². The third-order valence-electron chi connectivity index (χ3n) is 2.34. The van der Waals surface area contributed by atoms with E-state index in [1.165, 1.54) is 0 Å². The van der Waals surface area contributed by atoms with Gasteiger partial charge in [0.1, 0.15) is 0 Å². The maximum Gasteiger partial charge on any atom is 0.0698 e. The SMILES string of the molecule is C=CCC(C)C(C)NCCOCCO. The maximum atomic E-state index is 8.48. The van der Waals surface area contributed by atoms with Gasteiger partial charge in [-0.25, -0.2) is 0 Å². The molecule has 84 valence electrons. The Morgan fingerprint density at radius 3 is 2.71 bits per heavy atom. The van der Waals surface area contributed by atoms with Gasteiger partial charge in [-0.05, 0) is 19.3 Å². The number of aliphatic hydroxyl groups excluding tert-OH is 1. The Morgan fingerprint density at radius 2 is 2.14 bits per heavy atom. The molecule has 0 saturated carbocycles. The van der Waals surface area contributed by atoms with Crippen molar-refractivity contribution in [3.05, 3.63) is 12.7 Å². The number of ether oxygens (including phenoxy) is 1. The summed E-state index contributed by atoms with van der Waals surface area (Å²) in [5, 5.41) is 11.8. The predicted molar refractivity (Wildman–Crippen MR) is 59.3 cm³/mol. The molecular formula is C11H23NO2. The molecule has 0 aliphatic carbocycles. The zero-order chi connectivity index (χ0) is 10.8. The van der Waals surface area contributed by atoms with E-state index in [-0.39, 0.29) is 6.61 Å². The Hall–Kier alpha value is -0.380. The first-order chi connectivity index (χ1) is 6.72. The van der Waals surface area contributed by atoms with Gasteiger partial charge in [-0.1, -0.05) is 13.0 Å². The van der Waals surface area contributed by atoms with E-state index in [0.29, 0.717) is 25.2 Å². The van der Waals surface area contributed by atoms with E-state index in [4.69, 9.17) is 9.84 Å². The molecular weight excluding hydrogens is 178 g/mol. The molecule has 0 fully saturated rings. The number of aliphatic hydroxyl groups is 1. The summed E-state index contributed by atoms with van der Waals surface area (Å²) in [6.07, 6.45) is 2.98. The van der Waals surface area contributed by atoms with Crippen LogP contribution in [0.15, 0.2) is 12.7 Å². The molecule has 2 N–H and O–H groups in total. The van der Waals surface area contributed by atoms with Crippen LogP contribution in [-0.2, 0) is 4.74 Å². The third kappa shape index (κ3) is 7.06. The van der Waals surface area contributed by atoms with Crippen molar-refractivity contribution in [2.45, 2.75) is 26.3 Å². The molecule has 14 heavy (non-hydrogen) atoms. The number of rotatable bonds is 9. The summed E-state index contributed by atoms with van der Waals surface area (Å²) in [6, 6.07) is 0.478. The van der Waals surface area contributed by atoms with Gasteiger partial charge in [0.2, 0.25) is 0 Å². The first kappa shape index (κ1) is 13.6. The van der Waals surface area contributed by atoms with Crippen LogP contribution in [0.1, 0.15) is 20.3 Å². The fourth-order valence-corrected chi connectivity index (χ4v) is 1.19. The van der Waals surface area contributed by atoms with Gasteiger partial charge >= 0.3 is 0 Å². The van der Waals surface area contributed by atoms with Crippen LogP contribution in [0, 0.1) is 5.92 Å². The van der Waals surface area contributed by atoms with E-state index < -0.39 is 0 Å². The largest absolute Gasteiger partial charge is 0.394 e. The molecule has 0 amide bonds.